The fourth-order valence-corrected chi connectivity index (χ4v) is 3.04. The van der Waals surface area contributed by atoms with E-state index in [1.807, 2.05) is 0 Å². The van der Waals surface area contributed by atoms with Gasteiger partial charge < -0.3 is 9.80 Å². The van der Waals surface area contributed by atoms with Crippen LogP contribution in [0.25, 0.3) is 0 Å². The van der Waals surface area contributed by atoms with Crippen LogP contribution in [0.1, 0.15) is 29.6 Å². The second kappa shape index (κ2) is 5.87. The van der Waals surface area contributed by atoms with Gasteiger partial charge in [-0.15, -0.1) is 0 Å². The van der Waals surface area contributed by atoms with Gasteiger partial charge in [0.15, 0.2) is 23.3 Å². The molecule has 2 aliphatic heterocycles. The van der Waals surface area contributed by atoms with Crippen LogP contribution in [0.2, 0.25) is 0 Å². The van der Waals surface area contributed by atoms with Crippen LogP contribution < -0.4 is 0 Å². The Balaban J connectivity index is 1.72. The molecule has 3 nitrogen and oxygen atoms in total. The summed E-state index contributed by atoms with van der Waals surface area (Å²) < 4.78 is 53.1. The molecule has 0 bridgehead atoms. The second-order valence-corrected chi connectivity index (χ2v) is 5.76. The standard InChI is InChI=1S/C15H16F4N2O/c16-11-8-10(12(17)14(19)13(11)18)15(22)21-6-2-9(3-7-21)20-4-1-5-20/h8-9H,1-7H2. The van der Waals surface area contributed by atoms with Crippen LogP contribution in [0.3, 0.4) is 0 Å². The van der Waals surface area contributed by atoms with Crippen LogP contribution in [0.4, 0.5) is 17.6 Å². The van der Waals surface area contributed by atoms with Gasteiger partial charge in [-0.25, -0.2) is 17.6 Å². The molecule has 0 radical (unpaired) electrons. The predicted octanol–water partition coefficient (Wildman–Crippen LogP) is 2.55. The zero-order valence-electron chi connectivity index (χ0n) is 11.9. The number of benzene rings is 1. The SMILES string of the molecule is O=C(c1cc(F)c(F)c(F)c1F)N1CCC(N2CCC2)CC1. The Labute approximate surface area is 125 Å². The molecule has 0 aliphatic carbocycles. The van der Waals surface area contributed by atoms with Crippen molar-refractivity contribution in [3.63, 3.8) is 0 Å². The molecule has 1 aromatic carbocycles. The van der Waals surface area contributed by atoms with E-state index >= 15 is 0 Å². The number of carbonyl (C=O) groups excluding carboxylic acids is 1. The first-order chi connectivity index (χ1) is 10.5. The highest BCUT2D eigenvalue weighted by molar-refractivity contribution is 5.94. The lowest BCUT2D eigenvalue weighted by Gasteiger charge is -2.43. The lowest BCUT2D eigenvalue weighted by molar-refractivity contribution is 0.0484. The summed E-state index contributed by atoms with van der Waals surface area (Å²) in [6.07, 6.45) is 2.68. The summed E-state index contributed by atoms with van der Waals surface area (Å²) in [5, 5.41) is 0. The fraction of sp³-hybridized carbons (Fsp3) is 0.533. The summed E-state index contributed by atoms with van der Waals surface area (Å²) >= 11 is 0. The van der Waals surface area contributed by atoms with Crippen LogP contribution in [-0.2, 0) is 0 Å². The summed E-state index contributed by atoms with van der Waals surface area (Å²) in [5.41, 5.74) is -0.751. The Bertz CT molecular complexity index is 596. The van der Waals surface area contributed by atoms with E-state index in [-0.39, 0.29) is 0 Å². The quantitative estimate of drug-likeness (QED) is 0.476. The van der Waals surface area contributed by atoms with Gasteiger partial charge in [0.25, 0.3) is 5.91 Å². The van der Waals surface area contributed by atoms with Crippen molar-refractivity contribution in [2.75, 3.05) is 26.2 Å². The molecule has 0 N–H and O–H groups in total. The van der Waals surface area contributed by atoms with Crippen LogP contribution in [0.15, 0.2) is 6.07 Å². The largest absolute Gasteiger partial charge is 0.338 e. The van der Waals surface area contributed by atoms with Gasteiger partial charge in [-0.05, 0) is 38.4 Å². The maximum atomic E-state index is 13.7. The van der Waals surface area contributed by atoms with Gasteiger partial charge in [-0.3, -0.25) is 4.79 Å². The van der Waals surface area contributed by atoms with Crippen molar-refractivity contribution >= 4 is 5.91 Å². The molecule has 1 aromatic rings. The number of hydrogen-bond donors (Lipinski definition) is 0. The summed E-state index contributed by atoms with van der Waals surface area (Å²) in [6, 6.07) is 0.835. The minimum absolute atomic E-state index is 0.403. The van der Waals surface area contributed by atoms with Crippen molar-refractivity contribution in [2.24, 2.45) is 0 Å². The highest BCUT2D eigenvalue weighted by atomic mass is 19.2. The Hall–Kier alpha value is -1.63. The van der Waals surface area contributed by atoms with Gasteiger partial charge >= 0.3 is 0 Å². The lowest BCUT2D eigenvalue weighted by Crippen LogP contribution is -2.51. The first kappa shape index (κ1) is 15.3. The smallest absolute Gasteiger partial charge is 0.257 e. The third-order valence-corrected chi connectivity index (χ3v) is 4.49. The summed E-state index contributed by atoms with van der Waals surface area (Å²) in [7, 11) is 0. The molecule has 0 atom stereocenters. The second-order valence-electron chi connectivity index (χ2n) is 5.76. The van der Waals surface area contributed by atoms with E-state index in [1.54, 1.807) is 0 Å². The first-order valence-electron chi connectivity index (χ1n) is 7.35. The van der Waals surface area contributed by atoms with Crippen molar-refractivity contribution < 1.29 is 22.4 Å². The molecule has 0 unspecified atom stereocenters. The Morgan fingerprint density at radius 3 is 2.14 bits per heavy atom. The lowest BCUT2D eigenvalue weighted by atomic mass is 9.99. The molecule has 120 valence electrons. The molecular formula is C15H16F4N2O. The average molecular weight is 316 g/mol. The molecule has 7 heteroatoms. The van der Waals surface area contributed by atoms with E-state index in [0.29, 0.717) is 25.2 Å². The van der Waals surface area contributed by atoms with E-state index in [1.165, 1.54) is 11.3 Å². The van der Waals surface area contributed by atoms with Crippen molar-refractivity contribution in [1.82, 2.24) is 9.80 Å². The van der Waals surface area contributed by atoms with Gasteiger partial charge in [-0.1, -0.05) is 0 Å². The normalized spacial score (nSPS) is 20.1. The van der Waals surface area contributed by atoms with Gasteiger partial charge in [0.1, 0.15) is 0 Å². The highest BCUT2D eigenvalue weighted by Crippen LogP contribution is 2.24. The Morgan fingerprint density at radius 2 is 1.59 bits per heavy atom. The van der Waals surface area contributed by atoms with Crippen LogP contribution >= 0.6 is 0 Å². The maximum Gasteiger partial charge on any atom is 0.257 e. The zero-order valence-corrected chi connectivity index (χ0v) is 11.9. The number of halogens is 4. The topological polar surface area (TPSA) is 23.6 Å². The van der Waals surface area contributed by atoms with E-state index in [9.17, 15) is 22.4 Å². The van der Waals surface area contributed by atoms with E-state index in [4.69, 9.17) is 0 Å². The summed E-state index contributed by atoms with van der Waals surface area (Å²) in [6.45, 7) is 2.92. The minimum atomic E-state index is -1.95. The Morgan fingerprint density at radius 1 is 0.955 bits per heavy atom. The molecule has 0 spiro atoms. The molecular weight excluding hydrogens is 300 g/mol. The molecule has 1 amide bonds. The van der Waals surface area contributed by atoms with E-state index < -0.39 is 34.7 Å². The molecule has 0 saturated carbocycles. The molecule has 2 aliphatic rings. The third-order valence-electron chi connectivity index (χ3n) is 4.49. The summed E-state index contributed by atoms with van der Waals surface area (Å²) in [5.74, 6) is -7.83. The molecule has 2 heterocycles. The van der Waals surface area contributed by atoms with Gasteiger partial charge in [0.05, 0.1) is 5.56 Å². The highest BCUT2D eigenvalue weighted by Gasteiger charge is 2.32. The third kappa shape index (κ3) is 2.58. The number of carbonyl (C=O) groups is 1. The number of nitrogens with zero attached hydrogens (tertiary/aromatic N) is 2. The maximum absolute atomic E-state index is 13.7. The average Bonchev–Trinajstić information content (AvgIpc) is 2.47. The summed E-state index contributed by atoms with van der Waals surface area (Å²) in [4.78, 5) is 15.9. The van der Waals surface area contributed by atoms with Crippen LogP contribution in [0, 0.1) is 23.3 Å². The van der Waals surface area contributed by atoms with Crippen molar-refractivity contribution in [3.8, 4) is 0 Å². The molecule has 2 saturated heterocycles. The number of likely N-dealkylation sites (tertiary alicyclic amines) is 2. The van der Waals surface area contributed by atoms with Crippen molar-refractivity contribution in [3.05, 3.63) is 34.9 Å². The van der Waals surface area contributed by atoms with Gasteiger partial charge in [0, 0.05) is 19.1 Å². The monoisotopic (exact) mass is 316 g/mol. The Kier molecular flexibility index (Phi) is 4.08. The van der Waals surface area contributed by atoms with Crippen LogP contribution in [-0.4, -0.2) is 47.9 Å². The number of hydrogen-bond acceptors (Lipinski definition) is 2. The first-order valence-corrected chi connectivity index (χ1v) is 7.35. The molecule has 0 aromatic heterocycles. The van der Waals surface area contributed by atoms with Crippen LogP contribution in [0.5, 0.6) is 0 Å². The minimum Gasteiger partial charge on any atom is -0.338 e. The zero-order chi connectivity index (χ0) is 15.9. The van der Waals surface area contributed by atoms with Crippen molar-refractivity contribution in [1.29, 1.82) is 0 Å². The molecule has 2 fully saturated rings. The number of piperidine rings is 1. The van der Waals surface area contributed by atoms with Gasteiger partial charge in [0.2, 0.25) is 0 Å². The number of amides is 1. The molecule has 22 heavy (non-hydrogen) atoms. The fourth-order valence-electron chi connectivity index (χ4n) is 3.04. The van der Waals surface area contributed by atoms with Gasteiger partial charge in [-0.2, -0.15) is 0 Å². The van der Waals surface area contributed by atoms with E-state index in [0.717, 1.165) is 25.9 Å². The van der Waals surface area contributed by atoms with Crippen molar-refractivity contribution in [2.45, 2.75) is 25.3 Å². The van der Waals surface area contributed by atoms with E-state index in [2.05, 4.69) is 4.90 Å². The predicted molar refractivity (Wildman–Crippen MR) is 71.4 cm³/mol. The number of rotatable bonds is 2. The molecule has 3 rings (SSSR count).